The highest BCUT2D eigenvalue weighted by molar-refractivity contribution is 6.40. The SMILES string of the molecule is Cc1ccc2nc3c(C=O)c(Cl)c4ccccc4c3nc2c1. The molecular weight excluding hydrogens is 296 g/mol. The molecule has 0 saturated heterocycles. The molecule has 3 aromatic carbocycles. The van der Waals surface area contributed by atoms with Crippen LogP contribution in [0.15, 0.2) is 42.5 Å². The summed E-state index contributed by atoms with van der Waals surface area (Å²) in [5, 5.41) is 2.16. The first-order chi connectivity index (χ1) is 10.7. The van der Waals surface area contributed by atoms with Crippen molar-refractivity contribution in [3.8, 4) is 0 Å². The maximum Gasteiger partial charge on any atom is 0.153 e. The summed E-state index contributed by atoms with van der Waals surface area (Å²) in [6.07, 6.45) is 0.756. The number of aryl methyl sites for hydroxylation is 1. The van der Waals surface area contributed by atoms with Crippen LogP contribution in [0, 0.1) is 6.92 Å². The second-order valence-corrected chi connectivity index (χ2v) is 5.68. The van der Waals surface area contributed by atoms with Crippen LogP contribution in [0.25, 0.3) is 32.8 Å². The molecule has 0 atom stereocenters. The van der Waals surface area contributed by atoms with Crippen molar-refractivity contribution >= 4 is 50.7 Å². The fourth-order valence-corrected chi connectivity index (χ4v) is 3.08. The molecule has 4 heteroatoms. The minimum absolute atomic E-state index is 0.394. The molecule has 0 radical (unpaired) electrons. The van der Waals surface area contributed by atoms with Crippen molar-refractivity contribution in [1.29, 1.82) is 0 Å². The molecule has 0 bridgehead atoms. The lowest BCUT2D eigenvalue weighted by Gasteiger charge is -2.09. The number of rotatable bonds is 1. The largest absolute Gasteiger partial charge is 0.298 e. The molecule has 106 valence electrons. The lowest BCUT2D eigenvalue weighted by Crippen LogP contribution is -1.95. The molecule has 0 spiro atoms. The number of aromatic nitrogens is 2. The van der Waals surface area contributed by atoms with Gasteiger partial charge in [-0.2, -0.15) is 0 Å². The third-order valence-corrected chi connectivity index (χ3v) is 4.26. The zero-order chi connectivity index (χ0) is 15.3. The molecule has 0 amide bonds. The van der Waals surface area contributed by atoms with Crippen LogP contribution in [0.5, 0.6) is 0 Å². The Hall–Kier alpha value is -2.52. The second kappa shape index (κ2) is 4.75. The summed E-state index contributed by atoms with van der Waals surface area (Å²) in [6, 6.07) is 13.6. The average molecular weight is 307 g/mol. The molecule has 22 heavy (non-hydrogen) atoms. The van der Waals surface area contributed by atoms with E-state index in [2.05, 4.69) is 4.98 Å². The van der Waals surface area contributed by atoms with E-state index < -0.39 is 0 Å². The third kappa shape index (κ3) is 1.79. The van der Waals surface area contributed by atoms with Gasteiger partial charge in [-0.1, -0.05) is 41.9 Å². The van der Waals surface area contributed by atoms with E-state index in [1.165, 1.54) is 0 Å². The number of hydrogen-bond acceptors (Lipinski definition) is 3. The van der Waals surface area contributed by atoms with E-state index in [1.54, 1.807) is 0 Å². The lowest BCUT2D eigenvalue weighted by atomic mass is 10.0. The maximum absolute atomic E-state index is 11.5. The molecular formula is C18H11ClN2O. The van der Waals surface area contributed by atoms with Crippen molar-refractivity contribution < 1.29 is 4.79 Å². The molecule has 0 aliphatic heterocycles. The van der Waals surface area contributed by atoms with Crippen LogP contribution < -0.4 is 0 Å². The highest BCUT2D eigenvalue weighted by atomic mass is 35.5. The molecule has 4 rings (SSSR count). The Labute approximate surface area is 131 Å². The number of fused-ring (bicyclic) bond motifs is 4. The fourth-order valence-electron chi connectivity index (χ4n) is 2.78. The Bertz CT molecular complexity index is 1070. The molecule has 0 unspecified atom stereocenters. The molecule has 0 N–H and O–H groups in total. The molecule has 3 nitrogen and oxygen atoms in total. The Kier molecular flexibility index (Phi) is 2.84. The van der Waals surface area contributed by atoms with Gasteiger partial charge in [-0.3, -0.25) is 4.79 Å². The summed E-state index contributed by atoms with van der Waals surface area (Å²) in [7, 11) is 0. The molecule has 0 fully saturated rings. The highest BCUT2D eigenvalue weighted by Gasteiger charge is 2.15. The quantitative estimate of drug-likeness (QED) is 0.290. The van der Waals surface area contributed by atoms with Crippen molar-refractivity contribution in [2.24, 2.45) is 0 Å². The Morgan fingerprint density at radius 1 is 0.955 bits per heavy atom. The average Bonchev–Trinajstić information content (AvgIpc) is 2.54. The van der Waals surface area contributed by atoms with E-state index in [4.69, 9.17) is 16.6 Å². The van der Waals surface area contributed by atoms with E-state index >= 15 is 0 Å². The number of carbonyl (C=O) groups excluding carboxylic acids is 1. The van der Waals surface area contributed by atoms with Gasteiger partial charge >= 0.3 is 0 Å². The summed E-state index contributed by atoms with van der Waals surface area (Å²) in [5.41, 5.74) is 4.35. The molecule has 0 aliphatic carbocycles. The first kappa shape index (κ1) is 13.2. The van der Waals surface area contributed by atoms with Gasteiger partial charge in [-0.15, -0.1) is 0 Å². The fraction of sp³-hybridized carbons (Fsp3) is 0.0556. The van der Waals surface area contributed by atoms with Crippen LogP contribution in [-0.4, -0.2) is 16.3 Å². The Morgan fingerprint density at radius 2 is 1.68 bits per heavy atom. The van der Waals surface area contributed by atoms with Gasteiger partial charge in [0.2, 0.25) is 0 Å². The zero-order valence-electron chi connectivity index (χ0n) is 11.8. The van der Waals surface area contributed by atoms with E-state index in [9.17, 15) is 4.79 Å². The minimum Gasteiger partial charge on any atom is -0.298 e. The van der Waals surface area contributed by atoms with Crippen molar-refractivity contribution in [3.05, 3.63) is 58.6 Å². The Morgan fingerprint density at radius 3 is 2.45 bits per heavy atom. The third-order valence-electron chi connectivity index (χ3n) is 3.85. The number of nitrogens with zero attached hydrogens (tertiary/aromatic N) is 2. The topological polar surface area (TPSA) is 42.9 Å². The van der Waals surface area contributed by atoms with Gasteiger partial charge in [-0.25, -0.2) is 9.97 Å². The Balaban J connectivity index is 2.32. The van der Waals surface area contributed by atoms with Crippen LogP contribution in [-0.2, 0) is 0 Å². The van der Waals surface area contributed by atoms with Crippen molar-refractivity contribution in [2.45, 2.75) is 6.92 Å². The summed E-state index contributed by atoms with van der Waals surface area (Å²) < 4.78 is 0. The lowest BCUT2D eigenvalue weighted by molar-refractivity contribution is 0.112. The van der Waals surface area contributed by atoms with Gasteiger partial charge in [-0.05, 0) is 24.6 Å². The number of aldehydes is 1. The standard InChI is InChI=1S/C18H11ClN2O/c1-10-6-7-14-15(8-10)21-17-12-5-3-2-4-11(12)16(19)13(9-22)18(17)20-14/h2-9H,1H3. The van der Waals surface area contributed by atoms with Gasteiger partial charge in [0.05, 0.1) is 27.1 Å². The van der Waals surface area contributed by atoms with Gasteiger partial charge in [0.15, 0.2) is 6.29 Å². The van der Waals surface area contributed by atoms with Gasteiger partial charge in [0, 0.05) is 10.8 Å². The van der Waals surface area contributed by atoms with Crippen LogP contribution >= 0.6 is 11.6 Å². The maximum atomic E-state index is 11.5. The number of benzene rings is 3. The predicted molar refractivity (Wildman–Crippen MR) is 89.7 cm³/mol. The first-order valence-electron chi connectivity index (χ1n) is 6.92. The van der Waals surface area contributed by atoms with Crippen molar-refractivity contribution in [1.82, 2.24) is 9.97 Å². The summed E-state index contributed by atoms with van der Waals surface area (Å²) in [4.78, 5) is 20.9. The summed E-state index contributed by atoms with van der Waals surface area (Å²) >= 11 is 6.40. The number of hydrogen-bond donors (Lipinski definition) is 0. The summed E-state index contributed by atoms with van der Waals surface area (Å²) in [5.74, 6) is 0. The van der Waals surface area contributed by atoms with Crippen LogP contribution in [0.4, 0.5) is 0 Å². The number of carbonyl (C=O) groups is 1. The normalized spacial score (nSPS) is 11.4. The monoisotopic (exact) mass is 306 g/mol. The van der Waals surface area contributed by atoms with Crippen LogP contribution in [0.3, 0.4) is 0 Å². The predicted octanol–water partition coefficient (Wildman–Crippen LogP) is 4.71. The van der Waals surface area contributed by atoms with E-state index in [1.807, 2.05) is 49.4 Å². The second-order valence-electron chi connectivity index (χ2n) is 5.30. The number of halogens is 1. The first-order valence-corrected chi connectivity index (χ1v) is 7.30. The van der Waals surface area contributed by atoms with Gasteiger partial charge in [0.25, 0.3) is 0 Å². The summed E-state index contributed by atoms with van der Waals surface area (Å²) in [6.45, 7) is 2.02. The van der Waals surface area contributed by atoms with Crippen LogP contribution in [0.2, 0.25) is 5.02 Å². The molecule has 1 aromatic heterocycles. The molecule has 0 aliphatic rings. The van der Waals surface area contributed by atoms with E-state index in [0.717, 1.165) is 33.7 Å². The van der Waals surface area contributed by atoms with Crippen LogP contribution in [0.1, 0.15) is 15.9 Å². The smallest absolute Gasteiger partial charge is 0.153 e. The molecule has 4 aromatic rings. The van der Waals surface area contributed by atoms with Crippen molar-refractivity contribution in [3.63, 3.8) is 0 Å². The van der Waals surface area contributed by atoms with Gasteiger partial charge < -0.3 is 0 Å². The zero-order valence-corrected chi connectivity index (χ0v) is 12.6. The van der Waals surface area contributed by atoms with Gasteiger partial charge in [0.1, 0.15) is 5.52 Å². The minimum atomic E-state index is 0.394. The van der Waals surface area contributed by atoms with E-state index in [-0.39, 0.29) is 0 Å². The molecule has 0 saturated carbocycles. The highest BCUT2D eigenvalue weighted by Crippen LogP contribution is 2.34. The van der Waals surface area contributed by atoms with E-state index in [0.29, 0.717) is 21.6 Å². The van der Waals surface area contributed by atoms with Crippen molar-refractivity contribution in [2.75, 3.05) is 0 Å². The molecule has 1 heterocycles.